The highest BCUT2D eigenvalue weighted by atomic mass is 16.3. The lowest BCUT2D eigenvalue weighted by molar-refractivity contribution is 0.668. The molecule has 0 spiro atoms. The van der Waals surface area contributed by atoms with Crippen molar-refractivity contribution in [3.05, 3.63) is 164 Å². The average Bonchev–Trinajstić information content (AvgIpc) is 3.77. The van der Waals surface area contributed by atoms with Gasteiger partial charge in [0.2, 0.25) is 0 Å². The Kier molecular flexibility index (Phi) is 6.42. The van der Waals surface area contributed by atoms with Crippen LogP contribution in [0.15, 0.2) is 173 Å². The van der Waals surface area contributed by atoms with Crippen LogP contribution in [0.25, 0.3) is 100 Å². The highest BCUT2D eigenvalue weighted by Gasteiger charge is 2.22. The van der Waals surface area contributed by atoms with Crippen LogP contribution in [0, 0.1) is 0 Å². The molecule has 5 nitrogen and oxygen atoms in total. The lowest BCUT2D eigenvalue weighted by Gasteiger charge is -2.12. The van der Waals surface area contributed by atoms with E-state index in [1.54, 1.807) is 0 Å². The van der Waals surface area contributed by atoms with Crippen LogP contribution in [0.3, 0.4) is 0 Å². The third kappa shape index (κ3) is 4.60. The molecule has 0 saturated heterocycles. The Bertz CT molecular complexity index is 2870. The van der Waals surface area contributed by atoms with Crippen LogP contribution in [0.1, 0.15) is 0 Å². The first-order chi connectivity index (χ1) is 24.8. The number of para-hydroxylation sites is 2. The Morgan fingerprint density at radius 3 is 1.86 bits per heavy atom. The predicted molar refractivity (Wildman–Crippen MR) is 202 cm³/mol. The molecule has 5 heteroatoms. The zero-order valence-electron chi connectivity index (χ0n) is 26.7. The van der Waals surface area contributed by atoms with Crippen molar-refractivity contribution in [3.63, 3.8) is 0 Å². The second-order valence-corrected chi connectivity index (χ2v) is 12.4. The topological polar surface area (TPSA) is 65.0 Å². The summed E-state index contributed by atoms with van der Waals surface area (Å²) in [7, 11) is 0. The molecule has 0 unspecified atom stereocenters. The summed E-state index contributed by atoms with van der Waals surface area (Å²) < 4.78 is 13.0. The molecule has 10 aromatic rings. The Morgan fingerprint density at radius 1 is 0.380 bits per heavy atom. The average molecular weight is 642 g/mol. The van der Waals surface area contributed by atoms with Gasteiger partial charge in [0, 0.05) is 56.2 Å². The number of hydrogen-bond acceptors (Lipinski definition) is 5. The quantitative estimate of drug-likeness (QED) is 0.187. The molecule has 0 bridgehead atoms. The Morgan fingerprint density at radius 2 is 1.02 bits per heavy atom. The molecule has 0 N–H and O–H groups in total. The minimum Gasteiger partial charge on any atom is -0.456 e. The number of nitrogens with zero attached hydrogens (tertiary/aromatic N) is 3. The van der Waals surface area contributed by atoms with E-state index < -0.39 is 0 Å². The van der Waals surface area contributed by atoms with Crippen LogP contribution in [0.5, 0.6) is 0 Å². The molecule has 0 saturated carbocycles. The summed E-state index contributed by atoms with van der Waals surface area (Å²) in [5, 5.41) is 4.19. The first-order valence-corrected chi connectivity index (χ1v) is 16.6. The number of fused-ring (bicyclic) bond motifs is 6. The fraction of sp³-hybridized carbons (Fsp3) is 0. The van der Waals surface area contributed by atoms with Gasteiger partial charge in [-0.2, -0.15) is 0 Å². The minimum atomic E-state index is 0.650. The van der Waals surface area contributed by atoms with Crippen molar-refractivity contribution in [2.45, 2.75) is 0 Å². The summed E-state index contributed by atoms with van der Waals surface area (Å²) in [4.78, 5) is 14.6. The van der Waals surface area contributed by atoms with Crippen molar-refractivity contribution >= 4 is 43.9 Å². The normalized spacial score (nSPS) is 11.6. The largest absolute Gasteiger partial charge is 0.456 e. The first-order valence-electron chi connectivity index (χ1n) is 16.6. The van der Waals surface area contributed by atoms with E-state index in [2.05, 4.69) is 89.9 Å². The van der Waals surface area contributed by atoms with Crippen molar-refractivity contribution < 1.29 is 8.83 Å². The van der Waals surface area contributed by atoms with Crippen LogP contribution in [0.4, 0.5) is 0 Å². The van der Waals surface area contributed by atoms with Gasteiger partial charge in [-0.15, -0.1) is 0 Å². The molecule has 10 rings (SSSR count). The van der Waals surface area contributed by atoms with Crippen LogP contribution < -0.4 is 0 Å². The van der Waals surface area contributed by atoms with Crippen molar-refractivity contribution in [1.82, 2.24) is 15.0 Å². The monoisotopic (exact) mass is 641 g/mol. The predicted octanol–water partition coefficient (Wildman–Crippen LogP) is 12.0. The van der Waals surface area contributed by atoms with Gasteiger partial charge in [0.1, 0.15) is 22.3 Å². The number of aromatic nitrogens is 3. The molecule has 6 aromatic carbocycles. The first kappa shape index (κ1) is 28.2. The lowest BCUT2D eigenvalue weighted by atomic mass is 9.94. The van der Waals surface area contributed by atoms with E-state index in [1.165, 1.54) is 0 Å². The van der Waals surface area contributed by atoms with E-state index >= 15 is 0 Å². The van der Waals surface area contributed by atoms with Crippen molar-refractivity contribution in [1.29, 1.82) is 0 Å². The summed E-state index contributed by atoms with van der Waals surface area (Å²) in [5.41, 5.74) is 12.2. The smallest absolute Gasteiger partial charge is 0.160 e. The molecule has 0 atom stereocenters. The maximum atomic E-state index is 6.75. The third-order valence-corrected chi connectivity index (χ3v) is 9.42. The summed E-state index contributed by atoms with van der Waals surface area (Å²) >= 11 is 0. The maximum absolute atomic E-state index is 6.75. The highest BCUT2D eigenvalue weighted by Crippen LogP contribution is 2.45. The molecule has 4 heterocycles. The summed E-state index contributed by atoms with van der Waals surface area (Å²) in [6.07, 6.45) is 3.62. The minimum absolute atomic E-state index is 0.650. The maximum Gasteiger partial charge on any atom is 0.160 e. The molecule has 0 fully saturated rings. The zero-order valence-corrected chi connectivity index (χ0v) is 26.7. The van der Waals surface area contributed by atoms with Gasteiger partial charge in [0.05, 0.1) is 11.4 Å². The lowest BCUT2D eigenvalue weighted by Crippen LogP contribution is -1.97. The molecule has 0 aliphatic heterocycles. The molecule has 4 aromatic heterocycles. The Labute approximate surface area is 287 Å². The third-order valence-electron chi connectivity index (χ3n) is 9.42. The van der Waals surface area contributed by atoms with E-state index in [4.69, 9.17) is 18.8 Å². The van der Waals surface area contributed by atoms with Crippen LogP contribution in [-0.4, -0.2) is 15.0 Å². The van der Waals surface area contributed by atoms with Gasteiger partial charge in [-0.05, 0) is 65.2 Å². The standard InChI is InChI=1S/C45H27N3O2/c1-2-10-29(11-3-1)37-27-38(48-45(47-37)31-13-8-12-30(26-31)28-22-24-46-25-23-28)34-21-20-33(44-43(34)36-15-5-7-18-40(36)50-44)32-16-9-19-41-42(32)35-14-4-6-17-39(35)49-41/h1-27H. The molecular formula is C45H27N3O2. The van der Waals surface area contributed by atoms with Crippen molar-refractivity contribution in [2.24, 2.45) is 0 Å². The summed E-state index contributed by atoms with van der Waals surface area (Å²) in [5.74, 6) is 0.650. The molecule has 234 valence electrons. The van der Waals surface area contributed by atoms with E-state index in [1.807, 2.05) is 79.1 Å². The van der Waals surface area contributed by atoms with Gasteiger partial charge in [-0.1, -0.05) is 103 Å². The second-order valence-electron chi connectivity index (χ2n) is 12.4. The second kappa shape index (κ2) is 11.4. The molecule has 0 aliphatic rings. The fourth-order valence-electron chi connectivity index (χ4n) is 7.11. The van der Waals surface area contributed by atoms with Crippen LogP contribution >= 0.6 is 0 Å². The van der Waals surface area contributed by atoms with Gasteiger partial charge in [-0.25, -0.2) is 9.97 Å². The number of hydrogen-bond donors (Lipinski definition) is 0. The molecule has 0 aliphatic carbocycles. The van der Waals surface area contributed by atoms with E-state index in [9.17, 15) is 0 Å². The van der Waals surface area contributed by atoms with Crippen molar-refractivity contribution in [3.8, 4) is 56.2 Å². The van der Waals surface area contributed by atoms with Gasteiger partial charge < -0.3 is 8.83 Å². The summed E-state index contributed by atoms with van der Waals surface area (Å²) in [6.45, 7) is 0. The van der Waals surface area contributed by atoms with E-state index in [0.29, 0.717) is 5.82 Å². The molecule has 50 heavy (non-hydrogen) atoms. The summed E-state index contributed by atoms with van der Waals surface area (Å²) in [6, 6.07) is 51.7. The van der Waals surface area contributed by atoms with Gasteiger partial charge in [-0.3, -0.25) is 4.98 Å². The molecular weight excluding hydrogens is 615 g/mol. The van der Waals surface area contributed by atoms with E-state index in [-0.39, 0.29) is 0 Å². The van der Waals surface area contributed by atoms with E-state index in [0.717, 1.165) is 94.2 Å². The number of pyridine rings is 1. The number of benzene rings is 6. The fourth-order valence-corrected chi connectivity index (χ4v) is 7.11. The number of rotatable bonds is 5. The molecule has 0 amide bonds. The SMILES string of the molecule is c1ccc(-c2cc(-c3ccc(-c4cccc5oc6ccccc6c45)c4oc5ccccc5c34)nc(-c3cccc(-c4ccncc4)c3)n2)cc1. The number of furan rings is 2. The highest BCUT2D eigenvalue weighted by molar-refractivity contribution is 6.20. The van der Waals surface area contributed by atoms with Gasteiger partial charge in [0.25, 0.3) is 0 Å². The van der Waals surface area contributed by atoms with Crippen molar-refractivity contribution in [2.75, 3.05) is 0 Å². The molecule has 0 radical (unpaired) electrons. The van der Waals surface area contributed by atoms with Gasteiger partial charge in [0.15, 0.2) is 5.82 Å². The van der Waals surface area contributed by atoms with Gasteiger partial charge >= 0.3 is 0 Å². The Balaban J connectivity index is 1.23. The van der Waals surface area contributed by atoms with Crippen LogP contribution in [0.2, 0.25) is 0 Å². The van der Waals surface area contributed by atoms with Crippen LogP contribution in [-0.2, 0) is 0 Å². The zero-order chi connectivity index (χ0) is 33.0. The Hall–Kier alpha value is -6.85.